The summed E-state index contributed by atoms with van der Waals surface area (Å²) < 4.78 is 51.4. The second-order valence-electron chi connectivity index (χ2n) is 3.55. The molecule has 0 unspecified atom stereocenters. The van der Waals surface area contributed by atoms with Crippen molar-refractivity contribution in [2.24, 2.45) is 0 Å². The van der Waals surface area contributed by atoms with Gasteiger partial charge >= 0.3 is 0 Å². The molecule has 0 aromatic carbocycles. The molecule has 1 aromatic rings. The lowest BCUT2D eigenvalue weighted by Gasteiger charge is -2.07. The van der Waals surface area contributed by atoms with Crippen LogP contribution in [0.4, 0.5) is 0 Å². The van der Waals surface area contributed by atoms with E-state index in [1.807, 2.05) is 0 Å². The van der Waals surface area contributed by atoms with Crippen LogP contribution in [0.2, 0.25) is 0 Å². The molecule has 0 aliphatic rings. The van der Waals surface area contributed by atoms with Crippen LogP contribution in [0, 0.1) is 0 Å². The highest BCUT2D eigenvalue weighted by atomic mass is 79.9. The Hall–Kier alpha value is -0.550. The molecule has 0 amide bonds. The van der Waals surface area contributed by atoms with Gasteiger partial charge in [0.15, 0.2) is 0 Å². The summed E-state index contributed by atoms with van der Waals surface area (Å²) in [5, 5.41) is 0. The largest absolute Gasteiger partial charge is 0.262 e. The van der Waals surface area contributed by atoms with E-state index in [0.717, 1.165) is 0 Å². The number of nitrogens with one attached hydrogen (secondary N) is 2. The highest BCUT2D eigenvalue weighted by Gasteiger charge is 2.16. The molecule has 19 heavy (non-hydrogen) atoms. The van der Waals surface area contributed by atoms with Crippen molar-refractivity contribution in [1.29, 1.82) is 0 Å². The van der Waals surface area contributed by atoms with Gasteiger partial charge in [0.2, 0.25) is 20.0 Å². The van der Waals surface area contributed by atoms with E-state index in [1.165, 1.54) is 18.5 Å². The van der Waals surface area contributed by atoms with Crippen LogP contribution >= 0.6 is 15.9 Å². The molecule has 1 heterocycles. The Balaban J connectivity index is 2.67. The molecule has 1 rings (SSSR count). The van der Waals surface area contributed by atoms with Crippen molar-refractivity contribution in [3.8, 4) is 0 Å². The summed E-state index contributed by atoms with van der Waals surface area (Å²) in [5.41, 5.74) is 0. The second-order valence-corrected chi connectivity index (χ2v) is 8.16. The molecule has 0 atom stereocenters. The average Bonchev–Trinajstić information content (AvgIpc) is 2.28. The SMILES string of the molecule is CCNS(=O)(=O)CCNS(=O)(=O)c1cncc(Br)c1. The number of aromatic nitrogens is 1. The third-order valence-electron chi connectivity index (χ3n) is 2.02. The molecular formula is C9H14BrN3O4S2. The molecule has 0 bridgehead atoms. The number of sulfonamides is 2. The number of halogens is 1. The van der Waals surface area contributed by atoms with E-state index < -0.39 is 20.0 Å². The number of nitrogens with zero attached hydrogens (tertiary/aromatic N) is 1. The predicted molar refractivity (Wildman–Crippen MR) is 74.6 cm³/mol. The van der Waals surface area contributed by atoms with Crippen LogP contribution in [-0.4, -0.2) is 40.7 Å². The molecule has 0 aliphatic carbocycles. The smallest absolute Gasteiger partial charge is 0.242 e. The van der Waals surface area contributed by atoms with Crippen molar-refractivity contribution >= 4 is 36.0 Å². The first-order chi connectivity index (χ1) is 8.77. The van der Waals surface area contributed by atoms with Crippen LogP contribution in [0.3, 0.4) is 0 Å². The molecule has 2 N–H and O–H groups in total. The Bertz CT molecular complexity index is 631. The number of hydrogen-bond donors (Lipinski definition) is 2. The lowest BCUT2D eigenvalue weighted by Crippen LogP contribution is -2.34. The van der Waals surface area contributed by atoms with Gasteiger partial charge in [-0.3, -0.25) is 4.98 Å². The lowest BCUT2D eigenvalue weighted by molar-refractivity contribution is 0.576. The standard InChI is InChI=1S/C9H14BrN3O4S2/c1-2-12-18(14,15)4-3-13-19(16,17)9-5-8(10)6-11-7-9/h5-7,12-13H,2-4H2,1H3. The van der Waals surface area contributed by atoms with E-state index >= 15 is 0 Å². The highest BCUT2D eigenvalue weighted by Crippen LogP contribution is 2.13. The molecule has 0 saturated heterocycles. The molecule has 0 radical (unpaired) electrons. The van der Waals surface area contributed by atoms with Crippen LogP contribution in [0.1, 0.15) is 6.92 Å². The highest BCUT2D eigenvalue weighted by molar-refractivity contribution is 9.10. The quantitative estimate of drug-likeness (QED) is 0.704. The Morgan fingerprint density at radius 3 is 2.47 bits per heavy atom. The van der Waals surface area contributed by atoms with Crippen LogP contribution < -0.4 is 9.44 Å². The zero-order valence-corrected chi connectivity index (χ0v) is 13.3. The Morgan fingerprint density at radius 2 is 1.89 bits per heavy atom. The van der Waals surface area contributed by atoms with E-state index in [0.29, 0.717) is 4.47 Å². The molecular weight excluding hydrogens is 358 g/mol. The average molecular weight is 372 g/mol. The van der Waals surface area contributed by atoms with E-state index in [2.05, 4.69) is 30.4 Å². The minimum absolute atomic E-state index is 0.0253. The van der Waals surface area contributed by atoms with Crippen molar-refractivity contribution in [2.45, 2.75) is 11.8 Å². The summed E-state index contributed by atoms with van der Waals surface area (Å²) >= 11 is 3.11. The van der Waals surface area contributed by atoms with E-state index in [-0.39, 0.29) is 23.7 Å². The van der Waals surface area contributed by atoms with E-state index in [1.54, 1.807) is 6.92 Å². The molecule has 0 spiro atoms. The van der Waals surface area contributed by atoms with Crippen molar-refractivity contribution in [3.63, 3.8) is 0 Å². The van der Waals surface area contributed by atoms with Crippen LogP contribution in [0.25, 0.3) is 0 Å². The van der Waals surface area contributed by atoms with Crippen LogP contribution in [0.5, 0.6) is 0 Å². The normalized spacial score (nSPS) is 12.5. The molecule has 10 heteroatoms. The van der Waals surface area contributed by atoms with Crippen LogP contribution in [-0.2, 0) is 20.0 Å². The maximum absolute atomic E-state index is 11.8. The summed E-state index contributed by atoms with van der Waals surface area (Å²) in [4.78, 5) is 3.71. The minimum atomic E-state index is -3.75. The van der Waals surface area contributed by atoms with E-state index in [9.17, 15) is 16.8 Å². The van der Waals surface area contributed by atoms with Crippen molar-refractivity contribution < 1.29 is 16.8 Å². The summed E-state index contributed by atoms with van der Waals surface area (Å²) in [5.74, 6) is -0.318. The first kappa shape index (κ1) is 16.5. The maximum atomic E-state index is 11.8. The van der Waals surface area contributed by atoms with Gasteiger partial charge in [0, 0.05) is 30.0 Å². The Labute approximate surface area is 121 Å². The fourth-order valence-corrected chi connectivity index (χ4v) is 3.84. The zero-order valence-electron chi connectivity index (χ0n) is 10.1. The topological polar surface area (TPSA) is 105 Å². The summed E-state index contributed by atoms with van der Waals surface area (Å²) in [6, 6.07) is 1.38. The van der Waals surface area contributed by atoms with Gasteiger partial charge in [-0.05, 0) is 22.0 Å². The van der Waals surface area contributed by atoms with Crippen molar-refractivity contribution in [2.75, 3.05) is 18.8 Å². The fourth-order valence-electron chi connectivity index (χ4n) is 1.23. The van der Waals surface area contributed by atoms with Crippen molar-refractivity contribution in [1.82, 2.24) is 14.4 Å². The Morgan fingerprint density at radius 1 is 1.21 bits per heavy atom. The molecule has 0 fully saturated rings. The third-order valence-corrected chi connectivity index (χ3v) is 5.35. The van der Waals surface area contributed by atoms with Gasteiger partial charge in [-0.1, -0.05) is 6.92 Å². The minimum Gasteiger partial charge on any atom is -0.262 e. The monoisotopic (exact) mass is 371 g/mol. The predicted octanol–water partition coefficient (Wildman–Crippen LogP) is 0.0617. The van der Waals surface area contributed by atoms with Gasteiger partial charge in [0.05, 0.1) is 5.75 Å². The zero-order chi connectivity index (χ0) is 14.5. The van der Waals surface area contributed by atoms with Crippen molar-refractivity contribution in [3.05, 3.63) is 22.9 Å². The van der Waals surface area contributed by atoms with Gasteiger partial charge in [-0.25, -0.2) is 26.3 Å². The number of rotatable bonds is 7. The molecule has 1 aromatic heterocycles. The summed E-state index contributed by atoms with van der Waals surface area (Å²) in [7, 11) is -7.20. The Kier molecular flexibility index (Phi) is 5.86. The van der Waals surface area contributed by atoms with Gasteiger partial charge in [0.25, 0.3) is 0 Å². The summed E-state index contributed by atoms with van der Waals surface area (Å²) in [6.07, 6.45) is 2.64. The molecule has 108 valence electrons. The molecule has 0 aliphatic heterocycles. The van der Waals surface area contributed by atoms with Gasteiger partial charge in [-0.2, -0.15) is 0 Å². The number of pyridine rings is 1. The maximum Gasteiger partial charge on any atom is 0.242 e. The lowest BCUT2D eigenvalue weighted by atomic mass is 10.5. The first-order valence-corrected chi connectivity index (χ1v) is 9.27. The van der Waals surface area contributed by atoms with E-state index in [4.69, 9.17) is 0 Å². The molecule has 0 saturated carbocycles. The number of hydrogen-bond acceptors (Lipinski definition) is 5. The molecule has 7 nitrogen and oxygen atoms in total. The summed E-state index contributed by atoms with van der Waals surface area (Å²) in [6.45, 7) is 1.71. The van der Waals surface area contributed by atoms with Crippen LogP contribution in [0.15, 0.2) is 27.8 Å². The van der Waals surface area contributed by atoms with Gasteiger partial charge < -0.3 is 0 Å². The van der Waals surface area contributed by atoms with Gasteiger partial charge in [0.1, 0.15) is 4.90 Å². The first-order valence-electron chi connectivity index (χ1n) is 5.34. The van der Waals surface area contributed by atoms with Gasteiger partial charge in [-0.15, -0.1) is 0 Å². The fraction of sp³-hybridized carbons (Fsp3) is 0.444. The third kappa shape index (κ3) is 5.53. The second kappa shape index (κ2) is 6.75.